The van der Waals surface area contributed by atoms with Crippen molar-refractivity contribution < 1.29 is 0 Å². The molecule has 0 aliphatic heterocycles. The Bertz CT molecular complexity index is 368. The van der Waals surface area contributed by atoms with Gasteiger partial charge in [-0.05, 0) is 42.2 Å². The largest absolute Gasteiger partial charge is 0.316 e. The molecule has 0 aliphatic carbocycles. The van der Waals surface area contributed by atoms with Gasteiger partial charge < -0.3 is 5.32 Å². The second-order valence-corrected chi connectivity index (χ2v) is 6.86. The van der Waals surface area contributed by atoms with E-state index in [0.29, 0.717) is 11.3 Å². The minimum absolute atomic E-state index is 0.352. The maximum Gasteiger partial charge on any atom is 0.0521 e. The molecule has 1 aromatic rings. The summed E-state index contributed by atoms with van der Waals surface area (Å²) in [5, 5.41) is 7.88. The Morgan fingerprint density at radius 2 is 2.00 bits per heavy atom. The summed E-state index contributed by atoms with van der Waals surface area (Å²) in [6.07, 6.45) is 6.44. The highest BCUT2D eigenvalue weighted by molar-refractivity contribution is 5.04. The molecule has 0 amide bonds. The lowest BCUT2D eigenvalue weighted by molar-refractivity contribution is 0.189. The molecule has 0 aromatic carbocycles. The highest BCUT2D eigenvalue weighted by Crippen LogP contribution is 2.31. The molecular weight excluding hydrogens is 234 g/mol. The zero-order valence-corrected chi connectivity index (χ0v) is 13.5. The van der Waals surface area contributed by atoms with Crippen LogP contribution in [0.5, 0.6) is 0 Å². The van der Waals surface area contributed by atoms with Crippen molar-refractivity contribution in [1.29, 1.82) is 0 Å². The summed E-state index contributed by atoms with van der Waals surface area (Å²) in [6, 6.07) is 0. The van der Waals surface area contributed by atoms with Gasteiger partial charge in [0.15, 0.2) is 0 Å². The first-order chi connectivity index (χ1) is 8.83. The van der Waals surface area contributed by atoms with Gasteiger partial charge in [-0.2, -0.15) is 5.10 Å². The third-order valence-electron chi connectivity index (χ3n) is 4.22. The Balaban J connectivity index is 2.50. The number of hydrogen-bond acceptors (Lipinski definition) is 2. The minimum Gasteiger partial charge on any atom is -0.316 e. The number of nitrogens with one attached hydrogen (secondary N) is 1. The average Bonchev–Trinajstić information content (AvgIpc) is 2.72. The van der Waals surface area contributed by atoms with E-state index in [1.165, 1.54) is 12.0 Å². The summed E-state index contributed by atoms with van der Waals surface area (Å²) in [5.74, 6) is 1.40. The topological polar surface area (TPSA) is 29.9 Å². The molecule has 0 radical (unpaired) electrons. The Morgan fingerprint density at radius 1 is 1.32 bits per heavy atom. The fraction of sp³-hybridized carbons (Fsp3) is 0.812. The van der Waals surface area contributed by atoms with Crippen LogP contribution in [-0.2, 0) is 13.5 Å². The van der Waals surface area contributed by atoms with Crippen molar-refractivity contribution in [3.63, 3.8) is 0 Å². The highest BCUT2D eigenvalue weighted by atomic mass is 15.2. The van der Waals surface area contributed by atoms with Crippen molar-refractivity contribution in [2.24, 2.45) is 24.3 Å². The molecule has 19 heavy (non-hydrogen) atoms. The molecule has 0 bridgehead atoms. The summed E-state index contributed by atoms with van der Waals surface area (Å²) in [5.41, 5.74) is 1.70. The zero-order chi connectivity index (χ0) is 14.5. The predicted molar refractivity (Wildman–Crippen MR) is 82.2 cm³/mol. The van der Waals surface area contributed by atoms with Crippen LogP contribution in [0.1, 0.15) is 46.6 Å². The van der Waals surface area contributed by atoms with Crippen LogP contribution in [0.15, 0.2) is 12.4 Å². The number of aromatic nitrogens is 2. The fourth-order valence-electron chi connectivity index (χ4n) is 2.26. The lowest BCUT2D eigenvalue weighted by atomic mass is 9.75. The summed E-state index contributed by atoms with van der Waals surface area (Å²) >= 11 is 0. The molecule has 0 fully saturated rings. The van der Waals surface area contributed by atoms with Crippen LogP contribution in [0, 0.1) is 17.3 Å². The van der Waals surface area contributed by atoms with Crippen molar-refractivity contribution in [2.75, 3.05) is 13.1 Å². The molecule has 3 heteroatoms. The van der Waals surface area contributed by atoms with E-state index in [-0.39, 0.29) is 0 Å². The van der Waals surface area contributed by atoms with Crippen molar-refractivity contribution in [3.05, 3.63) is 18.0 Å². The van der Waals surface area contributed by atoms with Crippen LogP contribution >= 0.6 is 0 Å². The van der Waals surface area contributed by atoms with Gasteiger partial charge in [-0.1, -0.05) is 34.6 Å². The molecule has 110 valence electrons. The Kier molecular flexibility index (Phi) is 6.05. The van der Waals surface area contributed by atoms with E-state index in [1.54, 1.807) is 0 Å². The van der Waals surface area contributed by atoms with E-state index in [1.807, 2.05) is 17.9 Å². The number of aryl methyl sites for hydroxylation is 2. The van der Waals surface area contributed by atoms with E-state index < -0.39 is 0 Å². The van der Waals surface area contributed by atoms with Gasteiger partial charge in [-0.25, -0.2) is 0 Å². The van der Waals surface area contributed by atoms with Gasteiger partial charge in [-0.3, -0.25) is 4.68 Å². The summed E-state index contributed by atoms with van der Waals surface area (Å²) in [7, 11) is 1.98. The highest BCUT2D eigenvalue weighted by Gasteiger charge is 2.27. The van der Waals surface area contributed by atoms with Crippen molar-refractivity contribution >= 4 is 0 Å². The van der Waals surface area contributed by atoms with Gasteiger partial charge in [-0.15, -0.1) is 0 Å². The van der Waals surface area contributed by atoms with Gasteiger partial charge in [0.05, 0.1) is 6.20 Å². The molecule has 1 N–H and O–H groups in total. The third-order valence-corrected chi connectivity index (χ3v) is 4.22. The monoisotopic (exact) mass is 265 g/mol. The number of rotatable bonds is 8. The van der Waals surface area contributed by atoms with Crippen LogP contribution in [-0.4, -0.2) is 22.9 Å². The summed E-state index contributed by atoms with van der Waals surface area (Å²) in [6.45, 7) is 13.8. The molecule has 3 nitrogen and oxygen atoms in total. The lowest BCUT2D eigenvalue weighted by Crippen LogP contribution is -2.38. The fourth-order valence-corrected chi connectivity index (χ4v) is 2.26. The van der Waals surface area contributed by atoms with Crippen molar-refractivity contribution in [1.82, 2.24) is 15.1 Å². The number of hydrogen-bond donors (Lipinski definition) is 1. The molecule has 0 saturated heterocycles. The molecular formula is C16H31N3. The van der Waals surface area contributed by atoms with E-state index >= 15 is 0 Å². The molecule has 1 atom stereocenters. The van der Waals surface area contributed by atoms with Gasteiger partial charge in [0.25, 0.3) is 0 Å². The molecule has 0 spiro atoms. The average molecular weight is 265 g/mol. The van der Waals surface area contributed by atoms with Gasteiger partial charge in [0, 0.05) is 19.8 Å². The van der Waals surface area contributed by atoms with Gasteiger partial charge in [0.2, 0.25) is 0 Å². The van der Waals surface area contributed by atoms with E-state index in [9.17, 15) is 0 Å². The second-order valence-electron chi connectivity index (χ2n) is 6.86. The van der Waals surface area contributed by atoms with E-state index in [4.69, 9.17) is 0 Å². The minimum atomic E-state index is 0.352. The Morgan fingerprint density at radius 3 is 2.47 bits per heavy atom. The zero-order valence-electron chi connectivity index (χ0n) is 13.5. The first-order valence-corrected chi connectivity index (χ1v) is 7.52. The van der Waals surface area contributed by atoms with Crippen LogP contribution in [0.4, 0.5) is 0 Å². The van der Waals surface area contributed by atoms with Crippen molar-refractivity contribution in [2.45, 2.75) is 47.5 Å². The van der Waals surface area contributed by atoms with Crippen LogP contribution in [0.3, 0.4) is 0 Å². The molecule has 1 rings (SSSR count). The van der Waals surface area contributed by atoms with Crippen molar-refractivity contribution in [3.8, 4) is 0 Å². The van der Waals surface area contributed by atoms with E-state index in [2.05, 4.69) is 51.2 Å². The first kappa shape index (κ1) is 16.2. The summed E-state index contributed by atoms with van der Waals surface area (Å²) in [4.78, 5) is 0. The molecule has 1 unspecified atom stereocenters. The number of nitrogens with zero attached hydrogens (tertiary/aromatic N) is 2. The van der Waals surface area contributed by atoms with Gasteiger partial charge in [0.1, 0.15) is 0 Å². The first-order valence-electron chi connectivity index (χ1n) is 7.52. The second kappa shape index (κ2) is 7.09. The lowest BCUT2D eigenvalue weighted by Gasteiger charge is -2.34. The Labute approximate surface area is 118 Å². The Hall–Kier alpha value is -0.830. The summed E-state index contributed by atoms with van der Waals surface area (Å²) < 4.78 is 1.89. The molecule has 0 saturated carbocycles. The predicted octanol–water partition coefficient (Wildman–Crippen LogP) is 3.26. The van der Waals surface area contributed by atoms with Crippen LogP contribution in [0.25, 0.3) is 0 Å². The normalized spacial score (nSPS) is 15.2. The van der Waals surface area contributed by atoms with E-state index in [0.717, 1.165) is 25.4 Å². The SMILES string of the molecule is CC(C)CNCC(C)(CCc1cnn(C)c1)C(C)C. The molecule has 1 heterocycles. The van der Waals surface area contributed by atoms with Crippen LogP contribution in [0.2, 0.25) is 0 Å². The van der Waals surface area contributed by atoms with Gasteiger partial charge >= 0.3 is 0 Å². The maximum atomic E-state index is 4.25. The van der Waals surface area contributed by atoms with Crippen LogP contribution < -0.4 is 5.32 Å². The molecule has 0 aliphatic rings. The maximum absolute atomic E-state index is 4.25. The molecule has 1 aromatic heterocycles. The smallest absolute Gasteiger partial charge is 0.0521 e. The third kappa shape index (κ3) is 5.35. The standard InChI is InChI=1S/C16H31N3/c1-13(2)9-17-12-16(5,14(3)4)8-7-15-10-18-19(6)11-15/h10-11,13-14,17H,7-9,12H2,1-6H3. The quantitative estimate of drug-likeness (QED) is 0.782.